The Morgan fingerprint density at radius 1 is 1.04 bits per heavy atom. The molecule has 2 heterocycles. The predicted octanol–water partition coefficient (Wildman–Crippen LogP) is 3.99. The first-order valence-corrected chi connectivity index (χ1v) is 9.13. The van der Waals surface area contributed by atoms with Crippen LogP contribution in [0.25, 0.3) is 17.5 Å². The average molecular weight is 341 g/mol. The lowest BCUT2D eigenvalue weighted by Crippen LogP contribution is -2.27. The van der Waals surface area contributed by atoms with Gasteiger partial charge in [0.2, 0.25) is 0 Å². The molecule has 26 heavy (non-hydrogen) atoms. The molecular weight excluding hydrogens is 322 g/mol. The Bertz CT molecular complexity index is 1060. The van der Waals surface area contributed by atoms with Gasteiger partial charge in [-0.25, -0.2) is 4.98 Å². The van der Waals surface area contributed by atoms with E-state index < -0.39 is 0 Å². The van der Waals surface area contributed by atoms with Gasteiger partial charge in [-0.2, -0.15) is 9.78 Å². The first-order valence-electron chi connectivity index (χ1n) is 9.13. The van der Waals surface area contributed by atoms with Gasteiger partial charge in [0.05, 0.1) is 6.20 Å². The number of pyridine rings is 1. The highest BCUT2D eigenvalue weighted by Gasteiger charge is 2.24. The molecule has 3 aromatic rings. The summed E-state index contributed by atoms with van der Waals surface area (Å²) >= 11 is 0. The maximum Gasteiger partial charge on any atom is 0.276 e. The van der Waals surface area contributed by atoms with E-state index in [-0.39, 0.29) is 5.56 Å². The van der Waals surface area contributed by atoms with Crippen molar-refractivity contribution < 1.29 is 0 Å². The molecule has 4 nitrogen and oxygen atoms in total. The van der Waals surface area contributed by atoms with Gasteiger partial charge in [0.1, 0.15) is 0 Å². The van der Waals surface area contributed by atoms with E-state index in [1.165, 1.54) is 34.2 Å². The maximum absolute atomic E-state index is 12.8. The number of nitrogens with zero attached hydrogens (tertiary/aromatic N) is 3. The molecule has 0 aliphatic heterocycles. The van der Waals surface area contributed by atoms with Crippen LogP contribution >= 0.6 is 0 Å². The lowest BCUT2D eigenvalue weighted by molar-refractivity contribution is 0.755. The van der Waals surface area contributed by atoms with E-state index >= 15 is 0 Å². The van der Waals surface area contributed by atoms with Crippen LogP contribution in [0.1, 0.15) is 47.4 Å². The van der Waals surface area contributed by atoms with Crippen LogP contribution < -0.4 is 5.56 Å². The molecule has 2 aliphatic rings. The lowest BCUT2D eigenvalue weighted by Gasteiger charge is -2.17. The van der Waals surface area contributed by atoms with Gasteiger partial charge in [0.25, 0.3) is 5.56 Å². The second-order valence-corrected chi connectivity index (χ2v) is 7.05. The Morgan fingerprint density at radius 2 is 1.96 bits per heavy atom. The summed E-state index contributed by atoms with van der Waals surface area (Å²) in [5.41, 5.74) is 5.69. The summed E-state index contributed by atoms with van der Waals surface area (Å²) in [5, 5.41) is 4.34. The van der Waals surface area contributed by atoms with E-state index in [1.54, 1.807) is 18.5 Å². The molecule has 0 spiro atoms. The van der Waals surface area contributed by atoms with Gasteiger partial charge < -0.3 is 0 Å². The zero-order valence-corrected chi connectivity index (χ0v) is 14.4. The molecule has 0 amide bonds. The van der Waals surface area contributed by atoms with Crippen LogP contribution in [0.15, 0.2) is 59.7 Å². The molecule has 5 rings (SSSR count). The van der Waals surface area contributed by atoms with E-state index in [2.05, 4.69) is 40.4 Å². The van der Waals surface area contributed by atoms with Gasteiger partial charge in [-0.15, -0.1) is 0 Å². The number of aromatic nitrogens is 3. The van der Waals surface area contributed by atoms with Crippen LogP contribution in [-0.4, -0.2) is 14.8 Å². The van der Waals surface area contributed by atoms with Crippen molar-refractivity contribution in [2.45, 2.75) is 31.6 Å². The monoisotopic (exact) mass is 341 g/mol. The molecule has 4 heteroatoms. The third-order valence-electron chi connectivity index (χ3n) is 5.26. The van der Waals surface area contributed by atoms with Gasteiger partial charge in [-0.1, -0.05) is 30.3 Å². The predicted molar refractivity (Wildman–Crippen MR) is 102 cm³/mol. The normalized spacial score (nSPS) is 16.1. The highest BCUT2D eigenvalue weighted by atomic mass is 16.1. The second-order valence-electron chi connectivity index (χ2n) is 7.05. The summed E-state index contributed by atoms with van der Waals surface area (Å²) < 4.78 is 1.39. The Balaban J connectivity index is 1.54. The highest BCUT2D eigenvalue weighted by Crippen LogP contribution is 2.41. The average Bonchev–Trinajstić information content (AvgIpc) is 3.54. The molecule has 2 aliphatic carbocycles. The van der Waals surface area contributed by atoms with Crippen LogP contribution in [0.2, 0.25) is 0 Å². The van der Waals surface area contributed by atoms with E-state index in [4.69, 9.17) is 0 Å². The van der Waals surface area contributed by atoms with Crippen LogP contribution in [0.5, 0.6) is 0 Å². The fourth-order valence-electron chi connectivity index (χ4n) is 3.68. The maximum atomic E-state index is 12.8. The Labute approximate surface area is 151 Å². The Morgan fingerprint density at radius 3 is 2.77 bits per heavy atom. The van der Waals surface area contributed by atoms with Crippen LogP contribution in [-0.2, 0) is 6.42 Å². The molecule has 2 aromatic heterocycles. The van der Waals surface area contributed by atoms with Crippen LogP contribution in [0.4, 0.5) is 0 Å². The molecule has 1 aromatic carbocycles. The lowest BCUT2D eigenvalue weighted by atomic mass is 9.89. The molecule has 0 N–H and O–H groups in total. The van der Waals surface area contributed by atoms with Gasteiger partial charge >= 0.3 is 0 Å². The summed E-state index contributed by atoms with van der Waals surface area (Å²) in [7, 11) is 0. The van der Waals surface area contributed by atoms with E-state index in [0.717, 1.165) is 29.9 Å². The number of hydrogen-bond acceptors (Lipinski definition) is 3. The van der Waals surface area contributed by atoms with Gasteiger partial charge in [-0.05, 0) is 66.5 Å². The Hall–Kier alpha value is -3.01. The van der Waals surface area contributed by atoms with E-state index in [9.17, 15) is 4.79 Å². The highest BCUT2D eigenvalue weighted by molar-refractivity contribution is 5.84. The summed E-state index contributed by atoms with van der Waals surface area (Å²) in [5.74, 6) is 1.31. The molecule has 1 saturated carbocycles. The first kappa shape index (κ1) is 15.3. The van der Waals surface area contributed by atoms with Crippen molar-refractivity contribution in [3.63, 3.8) is 0 Å². The van der Waals surface area contributed by atoms with Crippen molar-refractivity contribution in [2.24, 2.45) is 0 Å². The molecular formula is C22H19N3O. The molecule has 128 valence electrons. The van der Waals surface area contributed by atoms with Crippen molar-refractivity contribution in [2.75, 3.05) is 0 Å². The zero-order valence-electron chi connectivity index (χ0n) is 14.4. The SMILES string of the molecule is O=c1c2c(cnn1-c1ccccn1)C=C(c1cccc(C3CC3)c1)CC2. The number of rotatable bonds is 3. The van der Waals surface area contributed by atoms with Crippen LogP contribution in [0.3, 0.4) is 0 Å². The first-order chi connectivity index (χ1) is 12.8. The zero-order chi connectivity index (χ0) is 17.5. The minimum atomic E-state index is -0.0665. The molecule has 0 bridgehead atoms. The van der Waals surface area contributed by atoms with Gasteiger partial charge in [-0.3, -0.25) is 4.79 Å². The largest absolute Gasteiger partial charge is 0.276 e. The van der Waals surface area contributed by atoms with E-state index in [0.29, 0.717) is 5.82 Å². The Kier molecular flexibility index (Phi) is 3.56. The fraction of sp³-hybridized carbons (Fsp3) is 0.227. The fourth-order valence-corrected chi connectivity index (χ4v) is 3.68. The van der Waals surface area contributed by atoms with Crippen molar-refractivity contribution in [3.05, 3.63) is 87.5 Å². The molecule has 0 saturated heterocycles. The minimum absolute atomic E-state index is 0.0665. The quantitative estimate of drug-likeness (QED) is 0.724. The molecule has 0 atom stereocenters. The summed E-state index contributed by atoms with van der Waals surface area (Å²) in [4.78, 5) is 17.1. The summed E-state index contributed by atoms with van der Waals surface area (Å²) in [6, 6.07) is 14.4. The van der Waals surface area contributed by atoms with Crippen molar-refractivity contribution in [1.29, 1.82) is 0 Å². The third-order valence-corrected chi connectivity index (χ3v) is 5.26. The van der Waals surface area contributed by atoms with Crippen LogP contribution in [0, 0.1) is 0 Å². The second kappa shape index (κ2) is 6.06. The van der Waals surface area contributed by atoms with Crippen molar-refractivity contribution in [3.8, 4) is 5.82 Å². The number of benzene rings is 1. The number of hydrogen-bond donors (Lipinski definition) is 0. The smallest absolute Gasteiger partial charge is 0.267 e. The van der Waals surface area contributed by atoms with Gasteiger partial charge in [0.15, 0.2) is 5.82 Å². The summed E-state index contributed by atoms with van der Waals surface area (Å²) in [6.45, 7) is 0. The minimum Gasteiger partial charge on any atom is -0.267 e. The van der Waals surface area contributed by atoms with Crippen molar-refractivity contribution in [1.82, 2.24) is 14.8 Å². The topological polar surface area (TPSA) is 47.8 Å². The van der Waals surface area contributed by atoms with Gasteiger partial charge in [0, 0.05) is 17.3 Å². The molecule has 0 radical (unpaired) electrons. The molecule has 0 unspecified atom stereocenters. The third kappa shape index (κ3) is 2.68. The number of fused-ring (bicyclic) bond motifs is 1. The number of allylic oxidation sites excluding steroid dienone is 1. The van der Waals surface area contributed by atoms with Crippen molar-refractivity contribution >= 4 is 11.6 Å². The molecule has 1 fully saturated rings. The van der Waals surface area contributed by atoms with E-state index in [1.807, 2.05) is 12.1 Å². The summed E-state index contributed by atoms with van der Waals surface area (Å²) in [6.07, 6.45) is 9.82. The standard InChI is InChI=1S/C22H19N3O/c26-22-20-10-9-18(17-5-3-4-16(12-17)15-7-8-15)13-19(20)14-24-25(22)21-6-1-2-11-23-21/h1-6,11-15H,7-10H2.